The van der Waals surface area contributed by atoms with Gasteiger partial charge >= 0.3 is 5.97 Å². The van der Waals surface area contributed by atoms with E-state index in [1.807, 2.05) is 18.2 Å². The Balaban J connectivity index is 2.65. The van der Waals surface area contributed by atoms with Crippen LogP contribution in [0.5, 0.6) is 0 Å². The summed E-state index contributed by atoms with van der Waals surface area (Å²) >= 11 is 0. The van der Waals surface area contributed by atoms with E-state index in [1.165, 1.54) is 0 Å². The number of aromatic amines is 1. The Morgan fingerprint density at radius 3 is 2.63 bits per heavy atom. The highest BCUT2D eigenvalue weighted by atomic mass is 16.5. The van der Waals surface area contributed by atoms with Gasteiger partial charge in [0.2, 0.25) is 0 Å². The van der Waals surface area contributed by atoms with Crippen LogP contribution in [0.15, 0.2) is 35.1 Å². The maximum atomic E-state index is 12.0. The van der Waals surface area contributed by atoms with Crippen LogP contribution in [0.25, 0.3) is 11.3 Å². The fourth-order valence-electron chi connectivity index (χ4n) is 1.78. The smallest absolute Gasteiger partial charge is 0.346 e. The molecule has 1 heterocycles. The number of hydrogen-bond acceptors (Lipinski definition) is 4. The minimum Gasteiger partial charge on any atom is -0.462 e. The van der Waals surface area contributed by atoms with Crippen LogP contribution in [-0.2, 0) is 4.74 Å². The zero-order valence-electron chi connectivity index (χ0n) is 10.8. The molecule has 0 amide bonds. The molecule has 0 aliphatic carbocycles. The minimum atomic E-state index is -0.657. The number of esters is 1. The normalized spacial score (nSPS) is 10.2. The highest BCUT2D eigenvalue weighted by Gasteiger charge is 2.20. The van der Waals surface area contributed by atoms with Crippen LogP contribution >= 0.6 is 0 Å². The lowest BCUT2D eigenvalue weighted by molar-refractivity contribution is 0.0524. The third kappa shape index (κ3) is 2.70. The van der Waals surface area contributed by atoms with Crippen LogP contribution in [0.4, 0.5) is 0 Å². The number of benzene rings is 1. The van der Waals surface area contributed by atoms with Gasteiger partial charge < -0.3 is 9.72 Å². The summed E-state index contributed by atoms with van der Waals surface area (Å²) in [6, 6.07) is 9.09. The Bertz CT molecular complexity index is 647. The molecule has 0 aliphatic rings. The van der Waals surface area contributed by atoms with E-state index in [4.69, 9.17) is 4.74 Å². The molecule has 0 bridgehead atoms. The molecule has 2 rings (SSSR count). The van der Waals surface area contributed by atoms with Gasteiger partial charge in [0.1, 0.15) is 5.82 Å². The number of hydrogen-bond donors (Lipinski definition) is 1. The van der Waals surface area contributed by atoms with E-state index in [-0.39, 0.29) is 12.2 Å². The molecule has 1 aromatic heterocycles. The molecule has 2 aromatic rings. The van der Waals surface area contributed by atoms with Crippen molar-refractivity contribution in [1.29, 1.82) is 0 Å². The number of rotatable bonds is 3. The fraction of sp³-hybridized carbons (Fsp3) is 0.214. The molecule has 0 aliphatic heterocycles. The summed E-state index contributed by atoms with van der Waals surface area (Å²) in [6.07, 6.45) is 0. The van der Waals surface area contributed by atoms with Gasteiger partial charge in [0.05, 0.1) is 12.3 Å². The zero-order chi connectivity index (χ0) is 13.8. The first-order chi connectivity index (χ1) is 9.13. The van der Waals surface area contributed by atoms with Gasteiger partial charge in [-0.2, -0.15) is 0 Å². The number of carbonyl (C=O) groups is 1. The van der Waals surface area contributed by atoms with Crippen molar-refractivity contribution in [1.82, 2.24) is 9.97 Å². The molecule has 98 valence electrons. The van der Waals surface area contributed by atoms with Gasteiger partial charge in [0.15, 0.2) is 5.56 Å². The van der Waals surface area contributed by atoms with Crippen LogP contribution in [0.2, 0.25) is 0 Å². The van der Waals surface area contributed by atoms with Crippen molar-refractivity contribution >= 4 is 5.97 Å². The van der Waals surface area contributed by atoms with Crippen molar-refractivity contribution in [3.63, 3.8) is 0 Å². The number of aryl methyl sites for hydroxylation is 1. The molecular formula is C14H14N2O3. The summed E-state index contributed by atoms with van der Waals surface area (Å²) in [4.78, 5) is 30.6. The molecule has 5 heteroatoms. The van der Waals surface area contributed by atoms with Crippen LogP contribution in [0, 0.1) is 6.92 Å². The molecule has 0 saturated carbocycles. The van der Waals surface area contributed by atoms with E-state index >= 15 is 0 Å². The second kappa shape index (κ2) is 5.48. The van der Waals surface area contributed by atoms with Gasteiger partial charge in [0.25, 0.3) is 5.56 Å². The molecule has 0 atom stereocenters. The Hall–Kier alpha value is -2.43. The van der Waals surface area contributed by atoms with Crippen LogP contribution < -0.4 is 5.56 Å². The van der Waals surface area contributed by atoms with Gasteiger partial charge in [-0.15, -0.1) is 0 Å². The molecule has 0 spiro atoms. The molecular weight excluding hydrogens is 244 g/mol. The van der Waals surface area contributed by atoms with E-state index in [0.717, 1.165) is 0 Å². The van der Waals surface area contributed by atoms with Crippen LogP contribution in [-0.4, -0.2) is 22.5 Å². The summed E-state index contributed by atoms with van der Waals surface area (Å²) in [5, 5.41) is 0. The maximum Gasteiger partial charge on any atom is 0.346 e. The van der Waals surface area contributed by atoms with E-state index in [0.29, 0.717) is 17.1 Å². The van der Waals surface area contributed by atoms with Crippen molar-refractivity contribution in [2.75, 3.05) is 6.61 Å². The first-order valence-electron chi connectivity index (χ1n) is 5.97. The second-order valence-corrected chi connectivity index (χ2v) is 3.96. The Kier molecular flexibility index (Phi) is 3.75. The maximum absolute atomic E-state index is 12.0. The number of nitrogens with one attached hydrogen (secondary N) is 1. The van der Waals surface area contributed by atoms with Crippen molar-refractivity contribution in [2.45, 2.75) is 13.8 Å². The Morgan fingerprint density at radius 1 is 1.32 bits per heavy atom. The third-order valence-electron chi connectivity index (χ3n) is 2.56. The lowest BCUT2D eigenvalue weighted by Gasteiger charge is -2.08. The fourth-order valence-corrected chi connectivity index (χ4v) is 1.78. The number of nitrogens with zero attached hydrogens (tertiary/aromatic N) is 1. The zero-order valence-corrected chi connectivity index (χ0v) is 10.8. The second-order valence-electron chi connectivity index (χ2n) is 3.96. The molecule has 0 unspecified atom stereocenters. The lowest BCUT2D eigenvalue weighted by atomic mass is 10.1. The number of ether oxygens (including phenoxy) is 1. The van der Waals surface area contributed by atoms with E-state index < -0.39 is 11.5 Å². The van der Waals surface area contributed by atoms with Crippen LogP contribution in [0.1, 0.15) is 23.1 Å². The van der Waals surface area contributed by atoms with Crippen molar-refractivity contribution in [3.05, 3.63) is 52.1 Å². The standard InChI is InChI=1S/C14H14N2O3/c1-3-19-14(18)11-12(10-7-5-4-6-8-10)15-9(2)16-13(11)17/h4-8H,3H2,1-2H3,(H,15,16,17). The summed E-state index contributed by atoms with van der Waals surface area (Å²) in [5.74, 6) is -0.202. The van der Waals surface area contributed by atoms with Crippen molar-refractivity contribution in [2.24, 2.45) is 0 Å². The quantitative estimate of drug-likeness (QED) is 0.854. The van der Waals surface area contributed by atoms with Crippen molar-refractivity contribution in [3.8, 4) is 11.3 Å². The van der Waals surface area contributed by atoms with Gasteiger partial charge in [-0.3, -0.25) is 4.79 Å². The first kappa shape index (κ1) is 13.0. The van der Waals surface area contributed by atoms with E-state index in [9.17, 15) is 9.59 Å². The summed E-state index contributed by atoms with van der Waals surface area (Å²) in [6.45, 7) is 3.57. The van der Waals surface area contributed by atoms with Crippen molar-refractivity contribution < 1.29 is 9.53 Å². The molecule has 0 fully saturated rings. The van der Waals surface area contributed by atoms with E-state index in [1.54, 1.807) is 26.0 Å². The molecule has 1 N–H and O–H groups in total. The largest absolute Gasteiger partial charge is 0.462 e. The van der Waals surface area contributed by atoms with Gasteiger partial charge in [-0.05, 0) is 13.8 Å². The average molecular weight is 258 g/mol. The Morgan fingerprint density at radius 2 is 2.00 bits per heavy atom. The molecule has 19 heavy (non-hydrogen) atoms. The molecule has 0 radical (unpaired) electrons. The summed E-state index contributed by atoms with van der Waals surface area (Å²) in [5.41, 5.74) is 0.517. The van der Waals surface area contributed by atoms with Gasteiger partial charge in [-0.1, -0.05) is 30.3 Å². The lowest BCUT2D eigenvalue weighted by Crippen LogP contribution is -2.23. The average Bonchev–Trinajstić information content (AvgIpc) is 2.39. The summed E-state index contributed by atoms with van der Waals surface area (Å²) in [7, 11) is 0. The first-order valence-corrected chi connectivity index (χ1v) is 5.97. The number of aromatic nitrogens is 2. The predicted molar refractivity (Wildman–Crippen MR) is 71.0 cm³/mol. The van der Waals surface area contributed by atoms with Crippen LogP contribution in [0.3, 0.4) is 0 Å². The van der Waals surface area contributed by atoms with E-state index in [2.05, 4.69) is 9.97 Å². The Labute approximate surface area is 110 Å². The monoisotopic (exact) mass is 258 g/mol. The van der Waals surface area contributed by atoms with Gasteiger partial charge in [0, 0.05) is 5.56 Å². The number of H-pyrrole nitrogens is 1. The number of carbonyl (C=O) groups excluding carboxylic acids is 1. The third-order valence-corrected chi connectivity index (χ3v) is 2.56. The highest BCUT2D eigenvalue weighted by Crippen LogP contribution is 2.19. The molecule has 5 nitrogen and oxygen atoms in total. The molecule has 1 aromatic carbocycles. The predicted octanol–water partition coefficient (Wildman–Crippen LogP) is 1.92. The summed E-state index contributed by atoms with van der Waals surface area (Å²) < 4.78 is 4.91. The SMILES string of the molecule is CCOC(=O)c1c(-c2ccccc2)nc(C)[nH]c1=O. The topological polar surface area (TPSA) is 72.0 Å². The molecule has 0 saturated heterocycles. The highest BCUT2D eigenvalue weighted by molar-refractivity contribution is 5.95. The van der Waals surface area contributed by atoms with Gasteiger partial charge in [-0.25, -0.2) is 9.78 Å². The minimum absolute atomic E-state index is 0.0568.